The predicted octanol–water partition coefficient (Wildman–Crippen LogP) is 6.78. The van der Waals surface area contributed by atoms with Gasteiger partial charge in [0.1, 0.15) is 12.6 Å². The van der Waals surface area contributed by atoms with Gasteiger partial charge in [-0.2, -0.15) is 0 Å². The van der Waals surface area contributed by atoms with Crippen molar-refractivity contribution in [1.29, 1.82) is 0 Å². The maximum absolute atomic E-state index is 10.5. The third-order valence-corrected chi connectivity index (χ3v) is 6.99. The fraction of sp³-hybridized carbons (Fsp3) is 0.966. The number of aliphatic hydroxyl groups excluding tert-OH is 1. The number of nitrogens with zero attached hydrogens (tertiary/aromatic N) is 1. The van der Waals surface area contributed by atoms with Crippen molar-refractivity contribution in [3.63, 3.8) is 0 Å². The lowest BCUT2D eigenvalue weighted by molar-refractivity contribution is -0.893. The molecule has 198 valence electrons. The maximum atomic E-state index is 10.5. The molecule has 0 amide bonds. The number of likely N-dealkylation sites (N-methyl/N-ethyl adjacent to an activating group) is 1. The third kappa shape index (κ3) is 25.8. The normalized spacial score (nSPS) is 12.8. The first-order chi connectivity index (χ1) is 15.9. The number of unbranched alkanes of at least 4 members (excludes halogenated alkanes) is 18. The smallest absolute Gasteiger partial charge is 0.105 e. The second-order valence-electron chi connectivity index (χ2n) is 11.1. The van der Waals surface area contributed by atoms with Gasteiger partial charge in [-0.05, 0) is 32.1 Å². The summed E-state index contributed by atoms with van der Waals surface area (Å²) in [5.74, 6) is -0.919. The van der Waals surface area contributed by atoms with Crippen LogP contribution in [0.4, 0.5) is 0 Å². The number of carboxylic acid groups (broad SMARTS) is 1. The van der Waals surface area contributed by atoms with Crippen LogP contribution in [0.2, 0.25) is 0 Å². The Balaban J connectivity index is 3.47. The molecule has 1 atom stereocenters. The zero-order valence-electron chi connectivity index (χ0n) is 22.8. The number of carbonyl (C=O) groups excluding carboxylic acids is 1. The van der Waals surface area contributed by atoms with Crippen LogP contribution < -0.4 is 5.11 Å². The van der Waals surface area contributed by atoms with Crippen molar-refractivity contribution in [1.82, 2.24) is 0 Å². The van der Waals surface area contributed by atoms with E-state index in [1.54, 1.807) is 0 Å². The summed E-state index contributed by atoms with van der Waals surface area (Å²) in [6.07, 6.45) is 26.5. The van der Waals surface area contributed by atoms with Crippen LogP contribution in [0, 0.1) is 0 Å². The van der Waals surface area contributed by atoms with Gasteiger partial charge in [0, 0.05) is 5.97 Å². The Morgan fingerprint density at radius 2 is 1.06 bits per heavy atom. The van der Waals surface area contributed by atoms with Gasteiger partial charge in [-0.15, -0.1) is 0 Å². The topological polar surface area (TPSA) is 60.4 Å². The van der Waals surface area contributed by atoms with E-state index in [0.29, 0.717) is 0 Å². The average Bonchev–Trinajstić information content (AvgIpc) is 2.75. The summed E-state index contributed by atoms with van der Waals surface area (Å²) >= 11 is 0. The molecule has 0 aliphatic rings. The monoisotopic (exact) mass is 469 g/mol. The van der Waals surface area contributed by atoms with Crippen molar-refractivity contribution in [2.45, 2.75) is 154 Å². The Bertz CT molecular complexity index is 425. The van der Waals surface area contributed by atoms with Crippen molar-refractivity contribution in [3.8, 4) is 0 Å². The molecular weight excluding hydrogens is 410 g/mol. The van der Waals surface area contributed by atoms with Crippen LogP contribution in [-0.2, 0) is 4.79 Å². The second kappa shape index (κ2) is 23.1. The number of carboxylic acids is 1. The van der Waals surface area contributed by atoms with Crippen molar-refractivity contribution in [2.24, 2.45) is 0 Å². The van der Waals surface area contributed by atoms with E-state index < -0.39 is 5.97 Å². The van der Waals surface area contributed by atoms with Crippen molar-refractivity contribution >= 4 is 5.97 Å². The molecule has 1 unspecified atom stereocenters. The molecule has 0 saturated carbocycles. The van der Waals surface area contributed by atoms with Crippen molar-refractivity contribution in [2.75, 3.05) is 27.2 Å². The number of hydrogen-bond donors (Lipinski definition) is 1. The van der Waals surface area contributed by atoms with Crippen LogP contribution in [0.5, 0.6) is 0 Å². The van der Waals surface area contributed by atoms with Gasteiger partial charge in [0.25, 0.3) is 0 Å². The summed E-state index contributed by atoms with van der Waals surface area (Å²) in [5.41, 5.74) is 0. The van der Waals surface area contributed by atoms with Crippen LogP contribution >= 0.6 is 0 Å². The summed E-state index contributed by atoms with van der Waals surface area (Å²) in [4.78, 5) is 10.4. The van der Waals surface area contributed by atoms with E-state index in [9.17, 15) is 15.0 Å². The summed E-state index contributed by atoms with van der Waals surface area (Å²) in [6, 6.07) is 0. The first-order valence-electron chi connectivity index (χ1n) is 14.6. The van der Waals surface area contributed by atoms with Gasteiger partial charge in [-0.1, -0.05) is 116 Å². The summed E-state index contributed by atoms with van der Waals surface area (Å²) in [5, 5.41) is 20.8. The largest absolute Gasteiger partial charge is 0.550 e. The minimum absolute atomic E-state index is 0.157. The summed E-state index contributed by atoms with van der Waals surface area (Å²) in [7, 11) is 4.52. The van der Waals surface area contributed by atoms with Crippen LogP contribution in [0.3, 0.4) is 0 Å². The number of quaternary nitrogens is 1. The molecule has 0 aromatic carbocycles. The quantitative estimate of drug-likeness (QED) is 0.112. The fourth-order valence-electron chi connectivity index (χ4n) is 4.84. The maximum Gasteiger partial charge on any atom is 0.105 e. The molecule has 0 heterocycles. The van der Waals surface area contributed by atoms with Crippen molar-refractivity contribution in [3.05, 3.63) is 0 Å². The van der Waals surface area contributed by atoms with E-state index >= 15 is 0 Å². The van der Waals surface area contributed by atoms with Crippen molar-refractivity contribution < 1.29 is 19.5 Å². The molecule has 33 heavy (non-hydrogen) atoms. The zero-order valence-corrected chi connectivity index (χ0v) is 22.8. The summed E-state index contributed by atoms with van der Waals surface area (Å²) in [6.45, 7) is 4.31. The van der Waals surface area contributed by atoms with E-state index in [0.717, 1.165) is 43.3 Å². The van der Waals surface area contributed by atoms with Gasteiger partial charge >= 0.3 is 0 Å². The number of aliphatic hydroxyl groups is 1. The number of aliphatic carboxylic acids is 1. The Kier molecular flexibility index (Phi) is 22.7. The Labute approximate surface area is 207 Å². The van der Waals surface area contributed by atoms with E-state index in [1.165, 1.54) is 109 Å². The number of rotatable bonds is 26. The fourth-order valence-corrected chi connectivity index (χ4v) is 4.84. The molecule has 0 fully saturated rings. The summed E-state index contributed by atoms with van der Waals surface area (Å²) < 4.78 is 0.928. The molecule has 0 spiro atoms. The third-order valence-electron chi connectivity index (χ3n) is 6.99. The predicted molar refractivity (Wildman–Crippen MR) is 140 cm³/mol. The standard InChI is InChI=1S/C29H59NO3/c1-4-5-6-7-8-9-10-12-15-18-21-24-28(31)27-30(2,3)26-23-20-17-14-11-13-16-19-22-25-29(32)33/h28,31H,4-27H2,1-3H3. The first kappa shape index (κ1) is 32.4. The first-order valence-corrected chi connectivity index (χ1v) is 14.6. The number of carbonyl (C=O) groups is 1. The molecule has 0 saturated heterocycles. The molecule has 0 aliphatic carbocycles. The molecule has 0 radical (unpaired) electrons. The Morgan fingerprint density at radius 1 is 0.667 bits per heavy atom. The van der Waals surface area contributed by atoms with Gasteiger partial charge in [0.15, 0.2) is 0 Å². The molecule has 0 aromatic rings. The molecule has 4 nitrogen and oxygen atoms in total. The van der Waals surface area contributed by atoms with E-state index in [1.807, 2.05) is 0 Å². The van der Waals surface area contributed by atoms with Crippen LogP contribution in [0.25, 0.3) is 0 Å². The molecule has 0 aliphatic heterocycles. The minimum Gasteiger partial charge on any atom is -0.550 e. The van der Waals surface area contributed by atoms with E-state index in [4.69, 9.17) is 0 Å². The van der Waals surface area contributed by atoms with Gasteiger partial charge < -0.3 is 19.5 Å². The molecular formula is C29H59NO3. The molecule has 0 bridgehead atoms. The molecule has 4 heteroatoms. The Hall–Kier alpha value is -0.610. The van der Waals surface area contributed by atoms with E-state index in [-0.39, 0.29) is 12.5 Å². The lowest BCUT2D eigenvalue weighted by Gasteiger charge is -2.32. The highest BCUT2D eigenvalue weighted by molar-refractivity contribution is 5.63. The van der Waals surface area contributed by atoms with Gasteiger partial charge in [-0.3, -0.25) is 0 Å². The lowest BCUT2D eigenvalue weighted by Crippen LogP contribution is -2.45. The number of hydrogen-bond acceptors (Lipinski definition) is 3. The average molecular weight is 470 g/mol. The van der Waals surface area contributed by atoms with Crippen LogP contribution in [0.1, 0.15) is 148 Å². The zero-order chi connectivity index (χ0) is 24.6. The minimum atomic E-state index is -0.919. The van der Waals surface area contributed by atoms with Gasteiger partial charge in [0.2, 0.25) is 0 Å². The highest BCUT2D eigenvalue weighted by Crippen LogP contribution is 2.15. The van der Waals surface area contributed by atoms with Crippen LogP contribution in [-0.4, -0.2) is 48.8 Å². The second-order valence-corrected chi connectivity index (χ2v) is 11.1. The molecule has 0 aromatic heterocycles. The van der Waals surface area contributed by atoms with E-state index in [2.05, 4.69) is 21.0 Å². The lowest BCUT2D eigenvalue weighted by atomic mass is 10.0. The van der Waals surface area contributed by atoms with Gasteiger partial charge in [0.05, 0.1) is 20.6 Å². The van der Waals surface area contributed by atoms with Gasteiger partial charge in [-0.25, -0.2) is 0 Å². The molecule has 0 rings (SSSR count). The SMILES string of the molecule is CCCCCCCCCCCCCC(O)C[N+](C)(C)CCCCCCCCCCCC(=O)[O-]. The Morgan fingerprint density at radius 3 is 1.52 bits per heavy atom. The van der Waals surface area contributed by atoms with Crippen LogP contribution in [0.15, 0.2) is 0 Å². The highest BCUT2D eigenvalue weighted by Gasteiger charge is 2.19. The highest BCUT2D eigenvalue weighted by atomic mass is 16.4. The molecule has 1 N–H and O–H groups in total.